The van der Waals surface area contributed by atoms with Crippen LogP contribution >= 0.6 is 0 Å². The summed E-state index contributed by atoms with van der Waals surface area (Å²) in [6.45, 7) is 8.82. The normalized spacial score (nSPS) is 18.9. The monoisotopic (exact) mass is 268 g/mol. The number of likely N-dealkylation sites (tertiary alicyclic amines) is 1. The highest BCUT2D eigenvalue weighted by Crippen LogP contribution is 2.15. The predicted octanol–water partition coefficient (Wildman–Crippen LogP) is 1.26. The molecule has 0 atom stereocenters. The average Bonchev–Trinajstić information content (AvgIpc) is 2.39. The van der Waals surface area contributed by atoms with E-state index in [1.807, 2.05) is 0 Å². The molecular formula is C14H24N2O3. The molecule has 1 amide bonds. The van der Waals surface area contributed by atoms with Crippen LogP contribution in [0.2, 0.25) is 0 Å². The van der Waals surface area contributed by atoms with E-state index < -0.39 is 5.97 Å². The van der Waals surface area contributed by atoms with Gasteiger partial charge in [0.2, 0.25) is 5.91 Å². The highest BCUT2D eigenvalue weighted by Gasteiger charge is 2.16. The summed E-state index contributed by atoms with van der Waals surface area (Å²) in [7, 11) is 0. The molecule has 0 spiro atoms. The molecule has 1 fully saturated rings. The van der Waals surface area contributed by atoms with E-state index in [4.69, 9.17) is 5.11 Å². The Hall–Kier alpha value is -1.36. The molecule has 0 unspecified atom stereocenters. The van der Waals surface area contributed by atoms with Gasteiger partial charge in [-0.15, -0.1) is 0 Å². The molecule has 0 aromatic heterocycles. The minimum atomic E-state index is -1.04. The van der Waals surface area contributed by atoms with Crippen molar-refractivity contribution in [3.05, 3.63) is 11.1 Å². The van der Waals surface area contributed by atoms with Crippen LogP contribution in [-0.4, -0.2) is 48.1 Å². The number of piperidine rings is 1. The Bertz CT molecular complexity index is 369. The van der Waals surface area contributed by atoms with Crippen LogP contribution in [0, 0.1) is 5.92 Å². The summed E-state index contributed by atoms with van der Waals surface area (Å²) < 4.78 is 0. The van der Waals surface area contributed by atoms with Crippen LogP contribution in [0.3, 0.4) is 0 Å². The van der Waals surface area contributed by atoms with Gasteiger partial charge in [-0.25, -0.2) is 4.79 Å². The van der Waals surface area contributed by atoms with Gasteiger partial charge in [0.1, 0.15) is 0 Å². The van der Waals surface area contributed by atoms with E-state index in [1.165, 1.54) is 19.8 Å². The Morgan fingerprint density at radius 2 is 1.79 bits per heavy atom. The number of hydrogen-bond acceptors (Lipinski definition) is 3. The summed E-state index contributed by atoms with van der Waals surface area (Å²) in [4.78, 5) is 24.8. The van der Waals surface area contributed by atoms with E-state index in [-0.39, 0.29) is 17.1 Å². The third-order valence-corrected chi connectivity index (χ3v) is 3.81. The van der Waals surface area contributed by atoms with Crippen LogP contribution in [0.15, 0.2) is 11.1 Å². The Kier molecular flexibility index (Phi) is 6.02. The SMILES string of the molecule is CC(C(=O)O)=C(C)C(=O)NCCN1CCC(C)CC1. The lowest BCUT2D eigenvalue weighted by Gasteiger charge is -2.30. The maximum Gasteiger partial charge on any atom is 0.331 e. The molecule has 1 heterocycles. The summed E-state index contributed by atoms with van der Waals surface area (Å²) in [6.07, 6.45) is 2.43. The van der Waals surface area contributed by atoms with Crippen molar-refractivity contribution in [2.24, 2.45) is 5.92 Å². The van der Waals surface area contributed by atoms with Gasteiger partial charge in [0, 0.05) is 24.2 Å². The third kappa shape index (κ3) is 5.03. The van der Waals surface area contributed by atoms with Crippen LogP contribution in [0.25, 0.3) is 0 Å². The fraction of sp³-hybridized carbons (Fsp3) is 0.714. The predicted molar refractivity (Wildman–Crippen MR) is 73.9 cm³/mol. The lowest BCUT2D eigenvalue weighted by molar-refractivity contribution is -0.133. The van der Waals surface area contributed by atoms with E-state index in [1.54, 1.807) is 6.92 Å². The summed E-state index contributed by atoms with van der Waals surface area (Å²) in [5, 5.41) is 11.6. The van der Waals surface area contributed by atoms with Crippen molar-refractivity contribution >= 4 is 11.9 Å². The number of aliphatic carboxylic acids is 1. The van der Waals surface area contributed by atoms with Crippen LogP contribution < -0.4 is 5.32 Å². The van der Waals surface area contributed by atoms with Gasteiger partial charge in [0.05, 0.1) is 0 Å². The van der Waals surface area contributed by atoms with E-state index in [9.17, 15) is 9.59 Å². The second kappa shape index (κ2) is 7.28. The van der Waals surface area contributed by atoms with Crippen LogP contribution in [-0.2, 0) is 9.59 Å². The molecule has 19 heavy (non-hydrogen) atoms. The first-order valence-corrected chi connectivity index (χ1v) is 6.83. The maximum absolute atomic E-state index is 11.7. The van der Waals surface area contributed by atoms with Crippen molar-refractivity contribution in [3.8, 4) is 0 Å². The number of amides is 1. The minimum Gasteiger partial charge on any atom is -0.478 e. The molecule has 0 aromatic carbocycles. The Morgan fingerprint density at radius 3 is 2.32 bits per heavy atom. The molecule has 108 valence electrons. The van der Waals surface area contributed by atoms with Crippen molar-refractivity contribution < 1.29 is 14.7 Å². The van der Waals surface area contributed by atoms with Gasteiger partial charge in [-0.2, -0.15) is 0 Å². The van der Waals surface area contributed by atoms with Crippen LogP contribution in [0.5, 0.6) is 0 Å². The number of hydrogen-bond donors (Lipinski definition) is 2. The number of nitrogens with zero attached hydrogens (tertiary/aromatic N) is 1. The smallest absolute Gasteiger partial charge is 0.331 e. The molecule has 1 aliphatic heterocycles. The van der Waals surface area contributed by atoms with Crippen molar-refractivity contribution in [1.82, 2.24) is 10.2 Å². The number of carboxylic acid groups (broad SMARTS) is 1. The number of nitrogens with one attached hydrogen (secondary N) is 1. The van der Waals surface area contributed by atoms with Gasteiger partial charge in [-0.3, -0.25) is 4.79 Å². The van der Waals surface area contributed by atoms with Gasteiger partial charge in [-0.1, -0.05) is 6.92 Å². The number of carboxylic acids is 1. The number of carbonyl (C=O) groups excluding carboxylic acids is 1. The van der Waals surface area contributed by atoms with E-state index in [0.29, 0.717) is 6.54 Å². The van der Waals surface area contributed by atoms with Crippen molar-refractivity contribution in [1.29, 1.82) is 0 Å². The molecule has 0 bridgehead atoms. The molecule has 5 nitrogen and oxygen atoms in total. The Balaban J connectivity index is 2.31. The molecule has 0 saturated carbocycles. The van der Waals surface area contributed by atoms with Crippen LogP contribution in [0.1, 0.15) is 33.6 Å². The van der Waals surface area contributed by atoms with Crippen molar-refractivity contribution in [2.75, 3.05) is 26.2 Å². The highest BCUT2D eigenvalue weighted by molar-refractivity contribution is 6.01. The highest BCUT2D eigenvalue weighted by atomic mass is 16.4. The Morgan fingerprint density at radius 1 is 1.21 bits per heavy atom. The van der Waals surface area contributed by atoms with E-state index >= 15 is 0 Å². The summed E-state index contributed by atoms with van der Waals surface area (Å²) >= 11 is 0. The first kappa shape index (κ1) is 15.7. The molecule has 1 aliphatic rings. The zero-order valence-electron chi connectivity index (χ0n) is 12.0. The summed E-state index contributed by atoms with van der Waals surface area (Å²) in [5.74, 6) is -0.530. The van der Waals surface area contributed by atoms with Crippen molar-refractivity contribution in [2.45, 2.75) is 33.6 Å². The minimum absolute atomic E-state index is 0.101. The topological polar surface area (TPSA) is 69.6 Å². The zero-order chi connectivity index (χ0) is 14.4. The Labute approximate surface area is 114 Å². The summed E-state index contributed by atoms with van der Waals surface area (Å²) in [5.41, 5.74) is 0.379. The average molecular weight is 268 g/mol. The third-order valence-electron chi connectivity index (χ3n) is 3.81. The van der Waals surface area contributed by atoms with Gasteiger partial charge < -0.3 is 15.3 Å². The molecule has 0 radical (unpaired) electrons. The lowest BCUT2D eigenvalue weighted by atomic mass is 9.99. The van der Waals surface area contributed by atoms with E-state index in [2.05, 4.69) is 17.1 Å². The molecule has 0 aliphatic carbocycles. The molecule has 0 aromatic rings. The number of rotatable bonds is 5. The quantitative estimate of drug-likeness (QED) is 0.736. The van der Waals surface area contributed by atoms with Crippen LogP contribution in [0.4, 0.5) is 0 Å². The second-order valence-electron chi connectivity index (χ2n) is 5.34. The molecule has 2 N–H and O–H groups in total. The number of carbonyl (C=O) groups is 2. The lowest BCUT2D eigenvalue weighted by Crippen LogP contribution is -2.39. The maximum atomic E-state index is 11.7. The molecule has 1 rings (SSSR count). The summed E-state index contributed by atoms with van der Waals surface area (Å²) in [6, 6.07) is 0. The second-order valence-corrected chi connectivity index (χ2v) is 5.34. The van der Waals surface area contributed by atoms with Gasteiger partial charge in [0.15, 0.2) is 0 Å². The largest absolute Gasteiger partial charge is 0.478 e. The van der Waals surface area contributed by atoms with Gasteiger partial charge in [0.25, 0.3) is 0 Å². The molecule has 5 heteroatoms. The standard InChI is InChI=1S/C14H24N2O3/c1-10-4-7-16(8-5-10)9-6-15-13(17)11(2)12(3)14(18)19/h10H,4-9H2,1-3H3,(H,15,17)(H,18,19). The zero-order valence-corrected chi connectivity index (χ0v) is 12.0. The van der Waals surface area contributed by atoms with E-state index in [0.717, 1.165) is 25.6 Å². The fourth-order valence-electron chi connectivity index (χ4n) is 2.08. The first-order valence-electron chi connectivity index (χ1n) is 6.83. The van der Waals surface area contributed by atoms with Gasteiger partial charge in [-0.05, 0) is 45.7 Å². The first-order chi connectivity index (χ1) is 8.91. The fourth-order valence-corrected chi connectivity index (χ4v) is 2.08. The molecule has 1 saturated heterocycles. The van der Waals surface area contributed by atoms with Crippen molar-refractivity contribution in [3.63, 3.8) is 0 Å². The van der Waals surface area contributed by atoms with Gasteiger partial charge >= 0.3 is 5.97 Å². The molecular weight excluding hydrogens is 244 g/mol.